The van der Waals surface area contributed by atoms with Gasteiger partial charge in [0.25, 0.3) is 0 Å². The Hall–Kier alpha value is -1.08. The van der Waals surface area contributed by atoms with E-state index in [1.165, 1.54) is 0 Å². The molecule has 1 aliphatic carbocycles. The molecular weight excluding hydrogens is 402 g/mol. The maximum absolute atomic E-state index is 12.7. The van der Waals surface area contributed by atoms with E-state index in [9.17, 15) is 4.79 Å². The van der Waals surface area contributed by atoms with Crippen molar-refractivity contribution in [2.24, 2.45) is 16.3 Å². The normalized spacial score (nSPS) is 18.3. The van der Waals surface area contributed by atoms with Crippen molar-refractivity contribution in [3.63, 3.8) is 0 Å². The average molecular weight is 419 g/mol. The molecule has 4 N–H and O–H groups in total. The lowest BCUT2D eigenvalue weighted by molar-refractivity contribution is -0.123. The number of amides is 1. The van der Waals surface area contributed by atoms with E-state index in [1.54, 1.807) is 0 Å². The summed E-state index contributed by atoms with van der Waals surface area (Å²) in [6, 6.07) is 5.53. The molecule has 7 heteroatoms. The number of anilines is 1. The maximum Gasteiger partial charge on any atom is 0.238 e. The largest absolute Gasteiger partial charge is 0.409 e. The summed E-state index contributed by atoms with van der Waals surface area (Å²) in [5.41, 5.74) is 5.56. The van der Waals surface area contributed by atoms with E-state index in [1.807, 2.05) is 18.2 Å². The first kappa shape index (κ1) is 16.3. The van der Waals surface area contributed by atoms with Gasteiger partial charge < -0.3 is 16.3 Å². The Balaban J connectivity index is 2.29. The van der Waals surface area contributed by atoms with Gasteiger partial charge in [-0.05, 0) is 47.0 Å². The van der Waals surface area contributed by atoms with Crippen molar-refractivity contribution in [3.05, 3.63) is 27.1 Å². The molecule has 1 fully saturated rings. The molecule has 0 saturated heterocycles. The third kappa shape index (κ3) is 3.40. The third-order valence-electron chi connectivity index (χ3n) is 3.92. The Morgan fingerprint density at radius 1 is 1.29 bits per heavy atom. The lowest BCUT2D eigenvalue weighted by Crippen LogP contribution is -2.48. The number of halogens is 2. The number of rotatable bonds is 3. The molecule has 1 amide bonds. The van der Waals surface area contributed by atoms with Crippen LogP contribution < -0.4 is 11.1 Å². The zero-order valence-corrected chi connectivity index (χ0v) is 14.6. The number of carbonyl (C=O) groups is 1. The van der Waals surface area contributed by atoms with Crippen LogP contribution in [0.3, 0.4) is 0 Å². The molecule has 1 aliphatic rings. The molecule has 0 radical (unpaired) electrons. The Morgan fingerprint density at radius 2 is 1.95 bits per heavy atom. The number of nitrogens with one attached hydrogen (secondary N) is 1. The molecule has 0 spiro atoms. The molecule has 0 heterocycles. The van der Waals surface area contributed by atoms with Gasteiger partial charge in [-0.25, -0.2) is 0 Å². The summed E-state index contributed by atoms with van der Waals surface area (Å²) in [7, 11) is 0. The van der Waals surface area contributed by atoms with Crippen LogP contribution in [0.5, 0.6) is 0 Å². The predicted molar refractivity (Wildman–Crippen MR) is 89.4 cm³/mol. The molecule has 0 aliphatic heterocycles. The minimum Gasteiger partial charge on any atom is -0.409 e. The fourth-order valence-corrected chi connectivity index (χ4v) is 3.39. The predicted octanol–water partition coefficient (Wildman–Crippen LogP) is 3.85. The summed E-state index contributed by atoms with van der Waals surface area (Å²) in [6.45, 7) is 0. The van der Waals surface area contributed by atoms with Gasteiger partial charge in [-0.2, -0.15) is 0 Å². The Bertz CT molecular complexity index is 569. The molecule has 5 nitrogen and oxygen atoms in total. The van der Waals surface area contributed by atoms with Crippen LogP contribution in [0.1, 0.15) is 32.1 Å². The monoisotopic (exact) mass is 417 g/mol. The van der Waals surface area contributed by atoms with Crippen molar-refractivity contribution in [1.29, 1.82) is 0 Å². The van der Waals surface area contributed by atoms with Crippen molar-refractivity contribution in [2.75, 3.05) is 5.32 Å². The van der Waals surface area contributed by atoms with Crippen LogP contribution >= 0.6 is 31.9 Å². The molecule has 0 bridgehead atoms. The molecule has 1 aromatic rings. The van der Waals surface area contributed by atoms with Crippen molar-refractivity contribution in [1.82, 2.24) is 0 Å². The lowest BCUT2D eigenvalue weighted by Gasteiger charge is -2.34. The highest BCUT2D eigenvalue weighted by Crippen LogP contribution is 2.38. The highest BCUT2D eigenvalue weighted by Gasteiger charge is 2.44. The first-order valence-corrected chi connectivity index (χ1v) is 8.33. The zero-order valence-electron chi connectivity index (χ0n) is 11.4. The van der Waals surface area contributed by atoms with Gasteiger partial charge in [0.15, 0.2) is 5.84 Å². The van der Waals surface area contributed by atoms with Gasteiger partial charge in [-0.15, -0.1) is 0 Å². The topological polar surface area (TPSA) is 87.7 Å². The number of carbonyl (C=O) groups excluding carboxylic acids is 1. The average Bonchev–Trinajstić information content (AvgIpc) is 2.50. The van der Waals surface area contributed by atoms with Gasteiger partial charge in [0.2, 0.25) is 5.91 Å². The van der Waals surface area contributed by atoms with E-state index >= 15 is 0 Å². The molecular formula is C14H17Br2N3O2. The van der Waals surface area contributed by atoms with Crippen LogP contribution in [0.4, 0.5) is 5.69 Å². The Labute approximate surface area is 140 Å². The Kier molecular flexibility index (Phi) is 5.27. The summed E-state index contributed by atoms with van der Waals surface area (Å²) in [6.07, 6.45) is 4.04. The fraction of sp³-hybridized carbons (Fsp3) is 0.429. The molecule has 1 aromatic carbocycles. The zero-order chi connectivity index (χ0) is 15.5. The summed E-state index contributed by atoms with van der Waals surface area (Å²) in [5.74, 6) is -0.234. The van der Waals surface area contributed by atoms with Gasteiger partial charge in [-0.3, -0.25) is 4.79 Å². The molecule has 0 aromatic heterocycles. The van der Waals surface area contributed by atoms with E-state index in [0.717, 1.165) is 28.2 Å². The number of oxime groups is 1. The SMILES string of the molecule is NC(=NO)C1(C(=O)Nc2cc(Br)ccc2Br)CCCCC1. The van der Waals surface area contributed by atoms with Crippen LogP contribution in [-0.2, 0) is 4.79 Å². The molecule has 0 atom stereocenters. The highest BCUT2D eigenvalue weighted by atomic mass is 79.9. The molecule has 0 unspecified atom stereocenters. The van der Waals surface area contributed by atoms with Crippen LogP contribution in [0.25, 0.3) is 0 Å². The van der Waals surface area contributed by atoms with Crippen molar-refractivity contribution in [3.8, 4) is 0 Å². The smallest absolute Gasteiger partial charge is 0.238 e. The second kappa shape index (κ2) is 6.79. The number of nitrogens with zero attached hydrogens (tertiary/aromatic N) is 1. The standard InChI is InChI=1S/C14H17Br2N3O2/c15-9-4-5-10(16)11(8-9)18-13(20)14(12(17)19-21)6-2-1-3-7-14/h4-5,8,21H,1-3,6-7H2,(H2,17,19)(H,18,20). The minimum atomic E-state index is -0.922. The number of benzene rings is 1. The van der Waals surface area contributed by atoms with E-state index in [0.29, 0.717) is 18.5 Å². The number of amidine groups is 1. The lowest BCUT2D eigenvalue weighted by atomic mass is 9.72. The van der Waals surface area contributed by atoms with E-state index in [-0.39, 0.29) is 11.7 Å². The summed E-state index contributed by atoms with van der Waals surface area (Å²) >= 11 is 6.79. The highest BCUT2D eigenvalue weighted by molar-refractivity contribution is 9.11. The first-order chi connectivity index (χ1) is 9.99. The van der Waals surface area contributed by atoms with Crippen LogP contribution in [-0.4, -0.2) is 17.0 Å². The molecule has 21 heavy (non-hydrogen) atoms. The molecule has 114 valence electrons. The number of hydrogen-bond acceptors (Lipinski definition) is 3. The number of nitrogens with two attached hydrogens (primary N) is 1. The quantitative estimate of drug-likeness (QED) is 0.301. The second-order valence-corrected chi connectivity index (χ2v) is 6.98. The fourth-order valence-electron chi connectivity index (χ4n) is 2.69. The van der Waals surface area contributed by atoms with E-state index < -0.39 is 5.41 Å². The summed E-state index contributed by atoms with van der Waals surface area (Å²) in [5, 5.41) is 15.0. The molecule has 1 saturated carbocycles. The summed E-state index contributed by atoms with van der Waals surface area (Å²) in [4.78, 5) is 12.7. The van der Waals surface area contributed by atoms with Gasteiger partial charge in [0.05, 0.1) is 5.69 Å². The van der Waals surface area contributed by atoms with Crippen LogP contribution in [0.2, 0.25) is 0 Å². The second-order valence-electron chi connectivity index (χ2n) is 5.21. The van der Waals surface area contributed by atoms with Gasteiger partial charge in [-0.1, -0.05) is 40.3 Å². The van der Waals surface area contributed by atoms with Crippen molar-refractivity contribution in [2.45, 2.75) is 32.1 Å². The summed E-state index contributed by atoms with van der Waals surface area (Å²) < 4.78 is 1.65. The van der Waals surface area contributed by atoms with Crippen molar-refractivity contribution < 1.29 is 10.0 Å². The maximum atomic E-state index is 12.7. The number of hydrogen-bond donors (Lipinski definition) is 3. The van der Waals surface area contributed by atoms with E-state index in [4.69, 9.17) is 10.9 Å². The van der Waals surface area contributed by atoms with Gasteiger partial charge >= 0.3 is 0 Å². The Morgan fingerprint density at radius 3 is 2.57 bits per heavy atom. The van der Waals surface area contributed by atoms with Gasteiger partial charge in [0.1, 0.15) is 5.41 Å². The minimum absolute atomic E-state index is 0.00850. The van der Waals surface area contributed by atoms with Gasteiger partial charge in [0, 0.05) is 8.95 Å². The van der Waals surface area contributed by atoms with Crippen molar-refractivity contribution >= 4 is 49.3 Å². The molecule has 2 rings (SSSR count). The third-order valence-corrected chi connectivity index (χ3v) is 5.10. The van der Waals surface area contributed by atoms with Crippen LogP contribution in [0.15, 0.2) is 32.3 Å². The van der Waals surface area contributed by atoms with Crippen LogP contribution in [0, 0.1) is 5.41 Å². The first-order valence-electron chi connectivity index (χ1n) is 6.74. The van der Waals surface area contributed by atoms with E-state index in [2.05, 4.69) is 42.3 Å².